The van der Waals surface area contributed by atoms with Crippen molar-refractivity contribution in [3.05, 3.63) is 76.8 Å². The summed E-state index contributed by atoms with van der Waals surface area (Å²) >= 11 is 1.36. The topological polar surface area (TPSA) is 82.5 Å². The lowest BCUT2D eigenvalue weighted by atomic mass is 10.2. The molecule has 1 N–H and O–H groups in total. The molecular formula is C23H21N3O4S. The SMILES string of the molecule is COc1ccc(-c2cc3ncn(CC(=O)NCc4cccc(OC)c4)c(=O)c3s2)cc1. The number of nitrogens with zero attached hydrogens (tertiary/aromatic N) is 2. The van der Waals surface area contributed by atoms with E-state index in [-0.39, 0.29) is 18.0 Å². The number of hydrogen-bond donors (Lipinski definition) is 1. The molecule has 7 nitrogen and oxygen atoms in total. The summed E-state index contributed by atoms with van der Waals surface area (Å²) in [5.74, 6) is 1.23. The maximum atomic E-state index is 12.9. The van der Waals surface area contributed by atoms with E-state index < -0.39 is 0 Å². The maximum Gasteiger partial charge on any atom is 0.271 e. The summed E-state index contributed by atoms with van der Waals surface area (Å²) in [7, 11) is 3.21. The molecule has 2 heterocycles. The molecule has 0 atom stereocenters. The van der Waals surface area contributed by atoms with Crippen LogP contribution in [-0.2, 0) is 17.9 Å². The lowest BCUT2D eigenvalue weighted by Crippen LogP contribution is -2.31. The van der Waals surface area contributed by atoms with E-state index in [9.17, 15) is 9.59 Å². The summed E-state index contributed by atoms with van der Waals surface area (Å²) < 4.78 is 12.2. The first-order chi connectivity index (χ1) is 15.1. The molecule has 2 aromatic heterocycles. The van der Waals surface area contributed by atoms with Crippen molar-refractivity contribution in [2.45, 2.75) is 13.1 Å². The Hall–Kier alpha value is -3.65. The number of aromatic nitrogens is 2. The summed E-state index contributed by atoms with van der Waals surface area (Å²) in [6.45, 7) is 0.253. The fraction of sp³-hybridized carbons (Fsp3) is 0.174. The largest absolute Gasteiger partial charge is 0.497 e. The molecule has 0 aliphatic rings. The molecule has 158 valence electrons. The third-order valence-corrected chi connectivity index (χ3v) is 5.98. The molecule has 0 unspecified atom stereocenters. The van der Waals surface area contributed by atoms with Gasteiger partial charge in [0.25, 0.3) is 5.56 Å². The van der Waals surface area contributed by atoms with E-state index in [4.69, 9.17) is 9.47 Å². The lowest BCUT2D eigenvalue weighted by molar-refractivity contribution is -0.121. The van der Waals surface area contributed by atoms with Crippen LogP contribution >= 0.6 is 11.3 Å². The van der Waals surface area contributed by atoms with Gasteiger partial charge in [0.2, 0.25) is 5.91 Å². The number of ether oxygens (including phenoxy) is 2. The molecular weight excluding hydrogens is 414 g/mol. The van der Waals surface area contributed by atoms with E-state index >= 15 is 0 Å². The summed E-state index contributed by atoms with van der Waals surface area (Å²) in [6.07, 6.45) is 1.42. The number of rotatable bonds is 7. The van der Waals surface area contributed by atoms with Gasteiger partial charge >= 0.3 is 0 Å². The van der Waals surface area contributed by atoms with Crippen LogP contribution in [0.4, 0.5) is 0 Å². The molecule has 8 heteroatoms. The minimum atomic E-state index is -0.266. The summed E-state index contributed by atoms with van der Waals surface area (Å²) in [6, 6.07) is 17.0. The van der Waals surface area contributed by atoms with Crippen molar-refractivity contribution in [1.29, 1.82) is 0 Å². The highest BCUT2D eigenvalue weighted by Gasteiger charge is 2.13. The molecule has 0 aliphatic carbocycles. The van der Waals surface area contributed by atoms with Gasteiger partial charge in [-0.3, -0.25) is 14.2 Å². The number of methoxy groups -OCH3 is 2. The van der Waals surface area contributed by atoms with E-state index in [1.54, 1.807) is 14.2 Å². The third kappa shape index (κ3) is 4.59. The van der Waals surface area contributed by atoms with Crippen LogP contribution in [0, 0.1) is 0 Å². The highest BCUT2D eigenvalue weighted by Crippen LogP contribution is 2.31. The number of nitrogens with one attached hydrogen (secondary N) is 1. The number of benzene rings is 2. The maximum absolute atomic E-state index is 12.9. The van der Waals surface area contributed by atoms with Gasteiger partial charge in [0.1, 0.15) is 22.7 Å². The Balaban J connectivity index is 1.49. The van der Waals surface area contributed by atoms with Crippen molar-refractivity contribution in [1.82, 2.24) is 14.9 Å². The number of amides is 1. The van der Waals surface area contributed by atoms with Gasteiger partial charge in [0.15, 0.2) is 0 Å². The summed E-state index contributed by atoms with van der Waals surface area (Å²) in [5, 5.41) is 2.83. The minimum Gasteiger partial charge on any atom is -0.497 e. The van der Waals surface area contributed by atoms with Crippen molar-refractivity contribution in [2.24, 2.45) is 0 Å². The number of fused-ring (bicyclic) bond motifs is 1. The lowest BCUT2D eigenvalue weighted by Gasteiger charge is -2.08. The number of thiophene rings is 1. The number of carbonyl (C=O) groups is 1. The molecule has 31 heavy (non-hydrogen) atoms. The normalized spacial score (nSPS) is 10.8. The summed E-state index contributed by atoms with van der Waals surface area (Å²) in [4.78, 5) is 30.6. The Morgan fingerprint density at radius 2 is 1.84 bits per heavy atom. The molecule has 1 amide bonds. The first kappa shape index (κ1) is 20.6. The second kappa shape index (κ2) is 9.01. The zero-order chi connectivity index (χ0) is 21.8. The second-order valence-corrected chi connectivity index (χ2v) is 7.91. The van der Waals surface area contributed by atoms with Crippen molar-refractivity contribution in [2.75, 3.05) is 14.2 Å². The highest BCUT2D eigenvalue weighted by atomic mass is 32.1. The van der Waals surface area contributed by atoms with E-state index in [2.05, 4.69) is 10.3 Å². The van der Waals surface area contributed by atoms with E-state index in [1.807, 2.05) is 54.6 Å². The van der Waals surface area contributed by atoms with Crippen molar-refractivity contribution in [3.63, 3.8) is 0 Å². The van der Waals surface area contributed by atoms with Gasteiger partial charge < -0.3 is 14.8 Å². The van der Waals surface area contributed by atoms with Crippen LogP contribution in [0.2, 0.25) is 0 Å². The van der Waals surface area contributed by atoms with Gasteiger partial charge in [-0.2, -0.15) is 0 Å². The predicted molar refractivity (Wildman–Crippen MR) is 121 cm³/mol. The fourth-order valence-electron chi connectivity index (χ4n) is 3.15. The fourth-order valence-corrected chi connectivity index (χ4v) is 4.21. The first-order valence-electron chi connectivity index (χ1n) is 9.60. The Bertz CT molecular complexity index is 1280. The van der Waals surface area contributed by atoms with Crippen LogP contribution < -0.4 is 20.3 Å². The molecule has 0 spiro atoms. The zero-order valence-electron chi connectivity index (χ0n) is 17.1. The Kier molecular flexibility index (Phi) is 5.99. The Morgan fingerprint density at radius 3 is 2.58 bits per heavy atom. The van der Waals surface area contributed by atoms with E-state index in [0.717, 1.165) is 27.5 Å². The van der Waals surface area contributed by atoms with Crippen LogP contribution in [-0.4, -0.2) is 29.7 Å². The quantitative estimate of drug-likeness (QED) is 0.481. The molecule has 0 fully saturated rings. The third-order valence-electron chi connectivity index (χ3n) is 4.82. The summed E-state index contributed by atoms with van der Waals surface area (Å²) in [5.41, 5.74) is 2.28. The molecule has 0 saturated heterocycles. The molecule has 0 bridgehead atoms. The molecule has 2 aromatic carbocycles. The molecule has 0 saturated carbocycles. The van der Waals surface area contributed by atoms with Crippen LogP contribution in [0.3, 0.4) is 0 Å². The van der Waals surface area contributed by atoms with Crippen molar-refractivity contribution in [3.8, 4) is 21.9 Å². The van der Waals surface area contributed by atoms with E-state index in [0.29, 0.717) is 16.8 Å². The first-order valence-corrected chi connectivity index (χ1v) is 10.4. The van der Waals surface area contributed by atoms with E-state index in [1.165, 1.54) is 22.2 Å². The average molecular weight is 436 g/mol. The molecule has 4 rings (SSSR count). The highest BCUT2D eigenvalue weighted by molar-refractivity contribution is 7.22. The van der Waals surface area contributed by atoms with Crippen LogP contribution in [0.25, 0.3) is 20.7 Å². The minimum absolute atomic E-state index is 0.0957. The van der Waals surface area contributed by atoms with Crippen molar-refractivity contribution < 1.29 is 14.3 Å². The molecule has 0 aliphatic heterocycles. The van der Waals surface area contributed by atoms with Crippen LogP contribution in [0.1, 0.15) is 5.56 Å². The zero-order valence-corrected chi connectivity index (χ0v) is 17.9. The van der Waals surface area contributed by atoms with Crippen LogP contribution in [0.15, 0.2) is 65.7 Å². The van der Waals surface area contributed by atoms with Gasteiger partial charge in [-0.1, -0.05) is 12.1 Å². The second-order valence-electron chi connectivity index (χ2n) is 6.86. The Morgan fingerprint density at radius 1 is 1.06 bits per heavy atom. The standard InChI is InChI=1S/C23H21N3O4S/c1-29-17-8-6-16(7-9-17)20-11-19-22(31-20)23(28)26(14-25-19)13-21(27)24-12-15-4-3-5-18(10-15)30-2/h3-11,14H,12-13H2,1-2H3,(H,24,27). The average Bonchev–Trinajstić information content (AvgIpc) is 3.25. The van der Waals surface area contributed by atoms with Crippen molar-refractivity contribution >= 4 is 27.5 Å². The van der Waals surface area contributed by atoms with Gasteiger partial charge in [0.05, 0.1) is 26.1 Å². The molecule has 4 aromatic rings. The monoisotopic (exact) mass is 435 g/mol. The van der Waals surface area contributed by atoms with Gasteiger partial charge in [-0.15, -0.1) is 11.3 Å². The van der Waals surface area contributed by atoms with Gasteiger partial charge in [-0.05, 0) is 53.6 Å². The molecule has 0 radical (unpaired) electrons. The smallest absolute Gasteiger partial charge is 0.271 e. The van der Waals surface area contributed by atoms with Gasteiger partial charge in [0, 0.05) is 11.4 Å². The number of carbonyl (C=O) groups excluding carboxylic acids is 1. The van der Waals surface area contributed by atoms with Crippen LogP contribution in [0.5, 0.6) is 11.5 Å². The Labute approximate surface area is 182 Å². The van der Waals surface area contributed by atoms with Gasteiger partial charge in [-0.25, -0.2) is 4.98 Å². The number of hydrogen-bond acceptors (Lipinski definition) is 6. The predicted octanol–water partition coefficient (Wildman–Crippen LogP) is 3.46.